The van der Waals surface area contributed by atoms with Crippen LogP contribution >= 0.6 is 0 Å². The van der Waals surface area contributed by atoms with Gasteiger partial charge in [0, 0.05) is 67.1 Å². The molecule has 0 saturated heterocycles. The van der Waals surface area contributed by atoms with Gasteiger partial charge in [-0.3, -0.25) is 9.36 Å². The monoisotopic (exact) mass is 439 g/mol. The Balaban J connectivity index is 1.21. The highest BCUT2D eigenvalue weighted by atomic mass is 16.5. The second-order valence-electron chi connectivity index (χ2n) is 9.37. The Bertz CT molecular complexity index is 1330. The van der Waals surface area contributed by atoms with Crippen LogP contribution in [-0.2, 0) is 19.6 Å². The third-order valence-corrected chi connectivity index (χ3v) is 6.93. The van der Waals surface area contributed by atoms with Crippen LogP contribution in [0.5, 0.6) is 5.75 Å². The number of ether oxygens (including phenoxy) is 1. The molecule has 1 fully saturated rings. The molecule has 5 nitrogen and oxygen atoms in total. The van der Waals surface area contributed by atoms with Gasteiger partial charge in [0.2, 0.25) is 0 Å². The molecule has 0 spiro atoms. The quantitative estimate of drug-likeness (QED) is 0.439. The van der Waals surface area contributed by atoms with Gasteiger partial charge in [-0.2, -0.15) is 0 Å². The van der Waals surface area contributed by atoms with E-state index in [9.17, 15) is 4.79 Å². The maximum Gasteiger partial charge on any atom is 0.258 e. The Labute approximate surface area is 193 Å². The number of fused-ring (bicyclic) bond motifs is 3. The highest BCUT2D eigenvalue weighted by molar-refractivity contribution is 5.83. The van der Waals surface area contributed by atoms with Gasteiger partial charge in [-0.1, -0.05) is 30.3 Å². The summed E-state index contributed by atoms with van der Waals surface area (Å²) >= 11 is 0. The third kappa shape index (κ3) is 4.33. The van der Waals surface area contributed by atoms with Crippen molar-refractivity contribution in [1.82, 2.24) is 14.0 Å². The highest BCUT2D eigenvalue weighted by Gasteiger charge is 2.25. The van der Waals surface area contributed by atoms with Crippen LogP contribution in [0.1, 0.15) is 24.1 Å². The number of hydrogen-bond acceptors (Lipinski definition) is 3. The number of benzene rings is 2. The van der Waals surface area contributed by atoms with Crippen LogP contribution in [0.2, 0.25) is 0 Å². The summed E-state index contributed by atoms with van der Waals surface area (Å²) in [7, 11) is 0. The molecule has 2 aromatic carbocycles. The first-order valence-corrected chi connectivity index (χ1v) is 12.0. The summed E-state index contributed by atoms with van der Waals surface area (Å²) < 4.78 is 9.97. The summed E-state index contributed by atoms with van der Waals surface area (Å²) in [4.78, 5) is 15.5. The van der Waals surface area contributed by atoms with Gasteiger partial charge in [0.1, 0.15) is 12.4 Å². The molecule has 4 aromatic rings. The fraction of sp³-hybridized carbons (Fsp3) is 0.321. The molecule has 0 N–H and O–H groups in total. The first-order valence-electron chi connectivity index (χ1n) is 12.0. The van der Waals surface area contributed by atoms with E-state index in [0.717, 1.165) is 43.2 Å². The summed E-state index contributed by atoms with van der Waals surface area (Å²) in [5, 5.41) is 1.20. The summed E-state index contributed by atoms with van der Waals surface area (Å²) in [6.07, 6.45) is 5.72. The molecule has 6 rings (SSSR count). The standard InChI is InChI=1S/C28H29N3O2/c32-28-18-26(33-20-22-4-2-1-3-5-22)11-13-31(28)24-8-9-27-23(16-24)17-25-10-12-29(14-15-30(25)27)19-21-6-7-21/h1-5,8-9,11,13,16-18,21H,6-7,10,12,14-15,19-20H2. The lowest BCUT2D eigenvalue weighted by Gasteiger charge is -2.19. The van der Waals surface area contributed by atoms with Crippen LogP contribution in [0.15, 0.2) is 77.7 Å². The highest BCUT2D eigenvalue weighted by Crippen LogP contribution is 2.31. The minimum absolute atomic E-state index is 0.0867. The predicted molar refractivity (Wildman–Crippen MR) is 131 cm³/mol. The minimum Gasteiger partial charge on any atom is -0.489 e. The third-order valence-electron chi connectivity index (χ3n) is 6.93. The Morgan fingerprint density at radius 1 is 0.909 bits per heavy atom. The Morgan fingerprint density at radius 2 is 1.79 bits per heavy atom. The largest absolute Gasteiger partial charge is 0.489 e. The lowest BCUT2D eigenvalue weighted by atomic mass is 10.2. The van der Waals surface area contributed by atoms with Crippen molar-refractivity contribution in [3.63, 3.8) is 0 Å². The van der Waals surface area contributed by atoms with Gasteiger partial charge in [-0.25, -0.2) is 0 Å². The molecule has 0 amide bonds. The van der Waals surface area contributed by atoms with Crippen LogP contribution in [0.3, 0.4) is 0 Å². The number of nitrogens with zero attached hydrogens (tertiary/aromatic N) is 3. The molecular weight excluding hydrogens is 410 g/mol. The lowest BCUT2D eigenvalue weighted by Crippen LogP contribution is -2.29. The van der Waals surface area contributed by atoms with Crippen molar-refractivity contribution in [2.75, 3.05) is 19.6 Å². The molecular formula is C28H29N3O2. The van der Waals surface area contributed by atoms with Crippen molar-refractivity contribution < 1.29 is 4.74 Å². The minimum atomic E-state index is -0.0867. The maximum absolute atomic E-state index is 12.8. The average Bonchev–Trinajstić information content (AvgIpc) is 3.62. The molecule has 3 heterocycles. The fourth-order valence-electron chi connectivity index (χ4n) is 4.92. The smallest absolute Gasteiger partial charge is 0.258 e. The molecule has 2 aliphatic rings. The van der Waals surface area contributed by atoms with E-state index < -0.39 is 0 Å². The van der Waals surface area contributed by atoms with Crippen molar-refractivity contribution in [3.05, 3.63) is 94.5 Å². The molecule has 0 atom stereocenters. The van der Waals surface area contributed by atoms with E-state index in [1.165, 1.54) is 36.0 Å². The van der Waals surface area contributed by atoms with Crippen LogP contribution in [-0.4, -0.2) is 33.7 Å². The van der Waals surface area contributed by atoms with Crippen molar-refractivity contribution in [1.29, 1.82) is 0 Å². The molecule has 1 saturated carbocycles. The van der Waals surface area contributed by atoms with E-state index in [1.807, 2.05) is 42.5 Å². The number of hydrogen-bond donors (Lipinski definition) is 0. The van der Waals surface area contributed by atoms with Gasteiger partial charge in [0.15, 0.2) is 0 Å². The molecule has 5 heteroatoms. The normalized spacial score (nSPS) is 16.5. The molecule has 0 unspecified atom stereocenters. The van der Waals surface area contributed by atoms with Crippen molar-refractivity contribution >= 4 is 10.9 Å². The fourth-order valence-corrected chi connectivity index (χ4v) is 4.92. The van der Waals surface area contributed by atoms with Gasteiger partial charge >= 0.3 is 0 Å². The SMILES string of the molecule is O=c1cc(OCc2ccccc2)ccn1-c1ccc2c(c1)cc1n2CCN(CC2CC2)CC1. The van der Waals surface area contributed by atoms with E-state index >= 15 is 0 Å². The Kier molecular flexibility index (Phi) is 5.27. The van der Waals surface area contributed by atoms with Crippen LogP contribution in [0.4, 0.5) is 0 Å². The van der Waals surface area contributed by atoms with Crippen LogP contribution in [0, 0.1) is 5.92 Å². The van der Waals surface area contributed by atoms with Crippen molar-refractivity contribution in [2.24, 2.45) is 5.92 Å². The second kappa shape index (κ2) is 8.56. The number of aromatic nitrogens is 2. The van der Waals surface area contributed by atoms with E-state index in [4.69, 9.17) is 4.74 Å². The van der Waals surface area contributed by atoms with E-state index in [0.29, 0.717) is 12.4 Å². The molecule has 33 heavy (non-hydrogen) atoms. The number of rotatable bonds is 6. The van der Waals surface area contributed by atoms with Gasteiger partial charge < -0.3 is 14.2 Å². The summed E-state index contributed by atoms with van der Waals surface area (Å²) in [6.45, 7) is 5.02. The van der Waals surface area contributed by atoms with Gasteiger partial charge in [0.25, 0.3) is 5.56 Å². The van der Waals surface area contributed by atoms with E-state index in [-0.39, 0.29) is 5.56 Å². The van der Waals surface area contributed by atoms with Crippen LogP contribution < -0.4 is 10.3 Å². The summed E-state index contributed by atoms with van der Waals surface area (Å²) in [5.74, 6) is 1.53. The molecule has 0 bridgehead atoms. The van der Waals surface area contributed by atoms with Gasteiger partial charge in [0.05, 0.1) is 0 Å². The first kappa shape index (κ1) is 20.3. The second-order valence-corrected chi connectivity index (χ2v) is 9.37. The molecule has 1 aliphatic heterocycles. The molecule has 0 radical (unpaired) electrons. The molecule has 2 aromatic heterocycles. The zero-order valence-corrected chi connectivity index (χ0v) is 18.8. The van der Waals surface area contributed by atoms with E-state index in [2.05, 4.69) is 27.7 Å². The molecule has 1 aliphatic carbocycles. The average molecular weight is 440 g/mol. The first-order chi connectivity index (χ1) is 16.2. The zero-order valence-electron chi connectivity index (χ0n) is 18.8. The summed E-state index contributed by atoms with van der Waals surface area (Å²) in [5.41, 5.74) is 4.54. The topological polar surface area (TPSA) is 39.4 Å². The van der Waals surface area contributed by atoms with Crippen molar-refractivity contribution in [3.8, 4) is 11.4 Å². The maximum atomic E-state index is 12.8. The predicted octanol–water partition coefficient (Wildman–Crippen LogP) is 4.64. The van der Waals surface area contributed by atoms with Gasteiger partial charge in [-0.15, -0.1) is 0 Å². The number of pyridine rings is 1. The van der Waals surface area contributed by atoms with E-state index in [1.54, 1.807) is 16.8 Å². The zero-order chi connectivity index (χ0) is 22.2. The van der Waals surface area contributed by atoms with Crippen molar-refractivity contribution in [2.45, 2.75) is 32.4 Å². The lowest BCUT2D eigenvalue weighted by molar-refractivity contribution is 0.269. The summed E-state index contributed by atoms with van der Waals surface area (Å²) in [6, 6.07) is 22.1. The Morgan fingerprint density at radius 3 is 2.61 bits per heavy atom. The Hall–Kier alpha value is -3.31. The van der Waals surface area contributed by atoms with Crippen LogP contribution in [0.25, 0.3) is 16.6 Å². The van der Waals surface area contributed by atoms with Gasteiger partial charge in [-0.05, 0) is 54.7 Å². The molecule has 168 valence electrons.